The fourth-order valence-corrected chi connectivity index (χ4v) is 3.29. The summed E-state index contributed by atoms with van der Waals surface area (Å²) in [4.78, 5) is 21.7. The van der Waals surface area contributed by atoms with Gasteiger partial charge in [-0.15, -0.1) is 0 Å². The highest BCUT2D eigenvalue weighted by Crippen LogP contribution is 2.29. The normalized spacial score (nSPS) is 13.7. The standard InChI is InChI=1S/C19H19N3O2/c1-2-24-18-14-10-6-7-11-16(14)22-12-15(20-19(22)21-18)17(23)13-8-4-3-5-9-13/h3-5,8-9,12H,2,6-7,10-11H2,1H3. The number of aryl methyl sites for hydroxylation is 1. The average Bonchev–Trinajstić information content (AvgIpc) is 3.06. The van der Waals surface area contributed by atoms with Gasteiger partial charge in [0.25, 0.3) is 0 Å². The van der Waals surface area contributed by atoms with Crippen LogP contribution in [0.4, 0.5) is 0 Å². The van der Waals surface area contributed by atoms with Crippen LogP contribution in [-0.4, -0.2) is 26.8 Å². The Morgan fingerprint density at radius 3 is 2.75 bits per heavy atom. The van der Waals surface area contributed by atoms with Gasteiger partial charge in [0.15, 0.2) is 0 Å². The maximum absolute atomic E-state index is 12.7. The Hall–Kier alpha value is -2.69. The van der Waals surface area contributed by atoms with Crippen LogP contribution in [0.3, 0.4) is 0 Å². The zero-order chi connectivity index (χ0) is 16.5. The molecule has 122 valence electrons. The summed E-state index contributed by atoms with van der Waals surface area (Å²) in [6.45, 7) is 2.53. The Balaban J connectivity index is 1.84. The predicted molar refractivity (Wildman–Crippen MR) is 90.7 cm³/mol. The van der Waals surface area contributed by atoms with Crippen molar-refractivity contribution in [2.45, 2.75) is 32.6 Å². The fraction of sp³-hybridized carbons (Fsp3) is 0.316. The minimum absolute atomic E-state index is 0.0800. The lowest BCUT2D eigenvalue weighted by molar-refractivity contribution is 0.103. The molecule has 24 heavy (non-hydrogen) atoms. The molecule has 1 aliphatic carbocycles. The maximum Gasteiger partial charge on any atom is 0.238 e. The van der Waals surface area contributed by atoms with Gasteiger partial charge in [0.1, 0.15) is 5.69 Å². The van der Waals surface area contributed by atoms with Crippen molar-refractivity contribution in [3.63, 3.8) is 0 Å². The molecule has 0 spiro atoms. The highest BCUT2D eigenvalue weighted by atomic mass is 16.5. The molecule has 0 unspecified atom stereocenters. The fourth-order valence-electron chi connectivity index (χ4n) is 3.29. The van der Waals surface area contributed by atoms with E-state index < -0.39 is 0 Å². The summed E-state index contributed by atoms with van der Waals surface area (Å²) in [5, 5.41) is 0. The van der Waals surface area contributed by atoms with Crippen LogP contribution in [0.25, 0.3) is 5.78 Å². The van der Waals surface area contributed by atoms with E-state index in [4.69, 9.17) is 4.74 Å². The van der Waals surface area contributed by atoms with Gasteiger partial charge in [0.05, 0.1) is 6.61 Å². The van der Waals surface area contributed by atoms with Gasteiger partial charge in [-0.1, -0.05) is 30.3 Å². The summed E-state index contributed by atoms with van der Waals surface area (Å²) in [6, 6.07) is 9.22. The average molecular weight is 321 g/mol. The van der Waals surface area contributed by atoms with Gasteiger partial charge < -0.3 is 4.74 Å². The van der Waals surface area contributed by atoms with Crippen LogP contribution in [0.5, 0.6) is 5.88 Å². The SMILES string of the molecule is CCOc1nc2nc(C(=O)c3ccccc3)cn2c2c1CCCC2. The summed E-state index contributed by atoms with van der Waals surface area (Å²) < 4.78 is 7.68. The van der Waals surface area contributed by atoms with Crippen molar-refractivity contribution >= 4 is 11.6 Å². The molecule has 4 rings (SSSR count). The zero-order valence-corrected chi connectivity index (χ0v) is 13.7. The molecule has 0 saturated carbocycles. The molecule has 2 aromatic heterocycles. The number of imidazole rings is 1. The van der Waals surface area contributed by atoms with Crippen LogP contribution >= 0.6 is 0 Å². The molecule has 0 N–H and O–H groups in total. The molecule has 3 aromatic rings. The lowest BCUT2D eigenvalue weighted by atomic mass is 9.97. The number of hydrogen-bond acceptors (Lipinski definition) is 4. The number of nitrogens with zero attached hydrogens (tertiary/aromatic N) is 3. The van der Waals surface area contributed by atoms with Crippen LogP contribution in [0, 0.1) is 0 Å². The quantitative estimate of drug-likeness (QED) is 0.692. The number of ketones is 1. The first-order valence-corrected chi connectivity index (χ1v) is 8.41. The Bertz CT molecular complexity index is 900. The van der Waals surface area contributed by atoms with Crippen LogP contribution in [0.1, 0.15) is 47.1 Å². The first kappa shape index (κ1) is 14.9. The van der Waals surface area contributed by atoms with Crippen molar-refractivity contribution in [3.05, 3.63) is 59.0 Å². The van der Waals surface area contributed by atoms with Gasteiger partial charge in [-0.05, 0) is 32.6 Å². The second kappa shape index (κ2) is 6.07. The van der Waals surface area contributed by atoms with Gasteiger partial charge in [0, 0.05) is 23.0 Å². The van der Waals surface area contributed by atoms with Gasteiger partial charge in [0.2, 0.25) is 17.4 Å². The van der Waals surface area contributed by atoms with Crippen molar-refractivity contribution < 1.29 is 9.53 Å². The van der Waals surface area contributed by atoms with Gasteiger partial charge in [-0.3, -0.25) is 9.20 Å². The van der Waals surface area contributed by atoms with E-state index in [2.05, 4.69) is 9.97 Å². The minimum atomic E-state index is -0.0800. The van der Waals surface area contributed by atoms with Crippen LogP contribution in [-0.2, 0) is 12.8 Å². The molecule has 0 atom stereocenters. The summed E-state index contributed by atoms with van der Waals surface area (Å²) in [6.07, 6.45) is 6.03. The van der Waals surface area contributed by atoms with E-state index in [9.17, 15) is 4.79 Å². The highest BCUT2D eigenvalue weighted by molar-refractivity contribution is 6.07. The van der Waals surface area contributed by atoms with E-state index in [1.165, 1.54) is 5.69 Å². The third-order valence-corrected chi connectivity index (χ3v) is 4.43. The third kappa shape index (κ3) is 2.46. The van der Waals surface area contributed by atoms with Gasteiger partial charge >= 0.3 is 0 Å². The second-order valence-corrected chi connectivity index (χ2v) is 5.97. The minimum Gasteiger partial charge on any atom is -0.478 e. The van der Waals surface area contributed by atoms with Crippen molar-refractivity contribution in [3.8, 4) is 5.88 Å². The largest absolute Gasteiger partial charge is 0.478 e. The monoisotopic (exact) mass is 321 g/mol. The number of aromatic nitrogens is 3. The molecule has 0 fully saturated rings. The summed E-state index contributed by atoms with van der Waals surface area (Å²) >= 11 is 0. The number of hydrogen-bond donors (Lipinski definition) is 0. The van der Waals surface area contributed by atoms with E-state index in [1.54, 1.807) is 12.1 Å². The number of fused-ring (bicyclic) bond motifs is 3. The van der Waals surface area contributed by atoms with Crippen molar-refractivity contribution in [1.29, 1.82) is 0 Å². The Morgan fingerprint density at radius 2 is 1.96 bits per heavy atom. The highest BCUT2D eigenvalue weighted by Gasteiger charge is 2.22. The molecule has 2 heterocycles. The van der Waals surface area contributed by atoms with E-state index in [1.807, 2.05) is 35.7 Å². The number of carbonyl (C=O) groups excluding carboxylic acids is 1. The number of rotatable bonds is 4. The van der Waals surface area contributed by atoms with E-state index >= 15 is 0 Å². The van der Waals surface area contributed by atoms with Crippen LogP contribution < -0.4 is 4.74 Å². The zero-order valence-electron chi connectivity index (χ0n) is 13.7. The Kier molecular flexibility index (Phi) is 3.76. The molecule has 5 nitrogen and oxygen atoms in total. The number of benzene rings is 1. The maximum atomic E-state index is 12.7. The summed E-state index contributed by atoms with van der Waals surface area (Å²) in [7, 11) is 0. The molecule has 0 bridgehead atoms. The summed E-state index contributed by atoms with van der Waals surface area (Å²) in [5.74, 6) is 1.13. The first-order chi connectivity index (χ1) is 11.8. The van der Waals surface area contributed by atoms with Crippen LogP contribution in [0.15, 0.2) is 36.5 Å². The number of ether oxygens (including phenoxy) is 1. The number of carbonyl (C=O) groups is 1. The van der Waals surface area contributed by atoms with Crippen LogP contribution in [0.2, 0.25) is 0 Å². The molecule has 1 aromatic carbocycles. The van der Waals surface area contributed by atoms with Gasteiger partial charge in [-0.2, -0.15) is 4.98 Å². The van der Waals surface area contributed by atoms with Crippen molar-refractivity contribution in [2.24, 2.45) is 0 Å². The predicted octanol–water partition coefficient (Wildman–Crippen LogP) is 3.24. The Labute approximate surface area is 140 Å². The summed E-state index contributed by atoms with van der Waals surface area (Å²) in [5.41, 5.74) is 3.40. The molecular weight excluding hydrogens is 302 g/mol. The molecular formula is C19H19N3O2. The van der Waals surface area contributed by atoms with E-state index in [0.717, 1.165) is 31.2 Å². The first-order valence-electron chi connectivity index (χ1n) is 8.41. The molecule has 5 heteroatoms. The molecule has 0 aliphatic heterocycles. The Morgan fingerprint density at radius 1 is 1.17 bits per heavy atom. The lowest BCUT2D eigenvalue weighted by Crippen LogP contribution is -2.12. The van der Waals surface area contributed by atoms with Crippen molar-refractivity contribution in [2.75, 3.05) is 6.61 Å². The molecule has 0 radical (unpaired) electrons. The van der Waals surface area contributed by atoms with E-state index in [0.29, 0.717) is 29.5 Å². The molecule has 1 aliphatic rings. The van der Waals surface area contributed by atoms with Gasteiger partial charge in [-0.25, -0.2) is 4.98 Å². The molecule has 0 saturated heterocycles. The van der Waals surface area contributed by atoms with Crippen molar-refractivity contribution in [1.82, 2.24) is 14.4 Å². The topological polar surface area (TPSA) is 56.5 Å². The molecule has 0 amide bonds. The second-order valence-electron chi connectivity index (χ2n) is 5.97. The van der Waals surface area contributed by atoms with E-state index in [-0.39, 0.29) is 5.78 Å². The smallest absolute Gasteiger partial charge is 0.238 e. The lowest BCUT2D eigenvalue weighted by Gasteiger charge is -2.19. The third-order valence-electron chi connectivity index (χ3n) is 4.43.